The monoisotopic (exact) mass is 489 g/mol. The molecule has 5 rings (SSSR count). The van der Waals surface area contributed by atoms with Crippen molar-refractivity contribution >= 4 is 33.2 Å². The topological polar surface area (TPSA) is 75.9 Å². The minimum atomic E-state index is -0.461. The highest BCUT2D eigenvalue weighted by Gasteiger charge is 2.36. The van der Waals surface area contributed by atoms with Crippen molar-refractivity contribution in [1.29, 1.82) is 0 Å². The van der Waals surface area contributed by atoms with Gasteiger partial charge < -0.3 is 15.4 Å². The summed E-state index contributed by atoms with van der Waals surface area (Å²) in [5.74, 6) is 0.441. The van der Waals surface area contributed by atoms with Crippen molar-refractivity contribution in [3.63, 3.8) is 0 Å². The van der Waals surface area contributed by atoms with E-state index < -0.39 is 5.41 Å². The Bertz CT molecular complexity index is 1300. The summed E-state index contributed by atoms with van der Waals surface area (Å²) in [5, 5.41) is 3.26. The van der Waals surface area contributed by atoms with Gasteiger partial charge in [0, 0.05) is 35.8 Å². The van der Waals surface area contributed by atoms with Gasteiger partial charge in [-0.05, 0) is 71.1 Å². The van der Waals surface area contributed by atoms with E-state index in [0.29, 0.717) is 31.0 Å². The lowest BCUT2D eigenvalue weighted by Gasteiger charge is -2.36. The first-order chi connectivity index (χ1) is 16.9. The number of hydrogen-bond acceptors (Lipinski definition) is 5. The maximum atomic E-state index is 13.3. The van der Waals surface area contributed by atoms with E-state index in [2.05, 4.69) is 36.6 Å². The number of likely N-dealkylation sites (tertiary alicyclic amines) is 1. The summed E-state index contributed by atoms with van der Waals surface area (Å²) in [5.41, 5.74) is 8.59. The molecule has 1 aromatic heterocycles. The van der Waals surface area contributed by atoms with Gasteiger partial charge in [0.15, 0.2) is 0 Å². The molecule has 0 spiro atoms. The zero-order chi connectivity index (χ0) is 24.6. The molecule has 2 aliphatic heterocycles. The van der Waals surface area contributed by atoms with Crippen LogP contribution in [0.5, 0.6) is 0 Å². The van der Waals surface area contributed by atoms with Crippen LogP contribution in [0.4, 0.5) is 0 Å². The zero-order valence-electron chi connectivity index (χ0n) is 20.2. The smallest absolute Gasteiger partial charge is 0.254 e. The van der Waals surface area contributed by atoms with Gasteiger partial charge in [-0.15, -0.1) is 11.3 Å². The van der Waals surface area contributed by atoms with Crippen LogP contribution in [0.15, 0.2) is 65.8 Å². The zero-order valence-corrected chi connectivity index (χ0v) is 21.0. The largest absolute Gasteiger partial charge is 0.385 e. The molecule has 0 bridgehead atoms. The number of nitrogens with two attached hydrogens (primary N) is 1. The molecular weight excluding hydrogens is 458 g/mol. The van der Waals surface area contributed by atoms with Crippen molar-refractivity contribution in [2.24, 2.45) is 5.73 Å². The van der Waals surface area contributed by atoms with Gasteiger partial charge in [0.1, 0.15) is 5.82 Å². The van der Waals surface area contributed by atoms with Crippen LogP contribution in [0.1, 0.15) is 47.7 Å². The Morgan fingerprint density at radius 1 is 1.23 bits per heavy atom. The molecule has 1 fully saturated rings. The van der Waals surface area contributed by atoms with Crippen LogP contribution in [-0.2, 0) is 21.5 Å². The molecule has 2 atom stereocenters. The molecule has 2 amide bonds. The van der Waals surface area contributed by atoms with Gasteiger partial charge in [0.25, 0.3) is 5.91 Å². The molecule has 3 heterocycles. The average molecular weight is 490 g/mol. The molecular formula is C28H31N3O3S. The number of carbonyl (C=O) groups excluding carboxylic acids is 2. The Morgan fingerprint density at radius 2 is 2.09 bits per heavy atom. The number of rotatable bonds is 6. The number of allylic oxidation sites excluding steroid dienone is 1. The Balaban J connectivity index is 1.35. The number of amides is 2. The van der Waals surface area contributed by atoms with E-state index >= 15 is 0 Å². The van der Waals surface area contributed by atoms with E-state index in [1.165, 1.54) is 10.1 Å². The third kappa shape index (κ3) is 4.58. The maximum absolute atomic E-state index is 13.3. The Morgan fingerprint density at radius 3 is 2.89 bits per heavy atom. The summed E-state index contributed by atoms with van der Waals surface area (Å²) in [6, 6.07) is 16.1. The van der Waals surface area contributed by atoms with Crippen molar-refractivity contribution in [3.8, 4) is 0 Å². The van der Waals surface area contributed by atoms with Gasteiger partial charge in [-0.1, -0.05) is 25.1 Å². The van der Waals surface area contributed by atoms with E-state index in [1.807, 2.05) is 35.2 Å². The SMILES string of the molecule is COC[C@H]1CCCN1C(=O)c1cccc(CN2C(=O)C[C@@](C)(c3ccc4sccc4c3)C=C2N)c1. The molecule has 2 aromatic carbocycles. The maximum Gasteiger partial charge on any atom is 0.254 e. The summed E-state index contributed by atoms with van der Waals surface area (Å²) in [6.45, 7) is 3.69. The molecule has 3 aromatic rings. The highest BCUT2D eigenvalue weighted by atomic mass is 32.1. The van der Waals surface area contributed by atoms with Gasteiger partial charge in [-0.25, -0.2) is 0 Å². The van der Waals surface area contributed by atoms with Crippen LogP contribution >= 0.6 is 11.3 Å². The van der Waals surface area contributed by atoms with E-state index in [1.54, 1.807) is 23.3 Å². The van der Waals surface area contributed by atoms with Gasteiger partial charge in [0.2, 0.25) is 5.91 Å². The second-order valence-electron chi connectivity index (χ2n) is 9.77. The number of ether oxygens (including phenoxy) is 1. The van der Waals surface area contributed by atoms with Crippen LogP contribution in [0.3, 0.4) is 0 Å². The highest BCUT2D eigenvalue weighted by molar-refractivity contribution is 7.17. The van der Waals surface area contributed by atoms with E-state index in [-0.39, 0.29) is 17.9 Å². The van der Waals surface area contributed by atoms with Crippen molar-refractivity contribution in [2.45, 2.75) is 44.2 Å². The van der Waals surface area contributed by atoms with Crippen LogP contribution in [0.25, 0.3) is 10.1 Å². The lowest BCUT2D eigenvalue weighted by Crippen LogP contribution is -2.43. The molecule has 35 heavy (non-hydrogen) atoms. The molecule has 6 nitrogen and oxygen atoms in total. The standard InChI is InChI=1S/C28H31N3O3S/c1-28(22-8-9-24-20(14-22)10-12-35-24)15-25(29)31(26(32)16-28)17-19-5-3-6-21(13-19)27(33)30-11-4-7-23(30)18-34-2/h3,5-6,8-10,12-15,23H,4,7,11,16-18,29H2,1-2H3/t23-,28+/m1/s1. The molecule has 0 aliphatic carbocycles. The molecule has 2 N–H and O–H groups in total. The van der Waals surface area contributed by atoms with Crippen molar-refractivity contribution in [1.82, 2.24) is 9.80 Å². The fourth-order valence-electron chi connectivity index (χ4n) is 5.32. The minimum Gasteiger partial charge on any atom is -0.385 e. The number of fused-ring (bicyclic) bond motifs is 1. The summed E-state index contributed by atoms with van der Waals surface area (Å²) in [7, 11) is 1.67. The fraction of sp³-hybridized carbons (Fsp3) is 0.357. The number of thiophene rings is 1. The average Bonchev–Trinajstić information content (AvgIpc) is 3.50. The van der Waals surface area contributed by atoms with Gasteiger partial charge >= 0.3 is 0 Å². The summed E-state index contributed by atoms with van der Waals surface area (Å²) in [6.07, 6.45) is 4.28. The lowest BCUT2D eigenvalue weighted by molar-refractivity contribution is -0.131. The van der Waals surface area contributed by atoms with Gasteiger partial charge in [-0.3, -0.25) is 14.5 Å². The highest BCUT2D eigenvalue weighted by Crippen LogP contribution is 2.37. The molecule has 182 valence electrons. The predicted molar refractivity (Wildman–Crippen MR) is 139 cm³/mol. The van der Waals surface area contributed by atoms with E-state index in [4.69, 9.17) is 10.5 Å². The summed E-state index contributed by atoms with van der Waals surface area (Å²) >= 11 is 1.71. The minimum absolute atomic E-state index is 0.0104. The Labute approximate surface area is 210 Å². The van der Waals surface area contributed by atoms with Crippen LogP contribution < -0.4 is 5.73 Å². The molecule has 2 aliphatic rings. The first kappa shape index (κ1) is 23.6. The third-order valence-corrected chi connectivity index (χ3v) is 8.12. The predicted octanol–water partition coefficient (Wildman–Crippen LogP) is 4.64. The van der Waals surface area contributed by atoms with Gasteiger partial charge in [-0.2, -0.15) is 0 Å². The molecule has 7 heteroatoms. The Hall–Kier alpha value is -3.16. The summed E-state index contributed by atoms with van der Waals surface area (Å²) < 4.78 is 6.53. The fourth-order valence-corrected chi connectivity index (χ4v) is 6.09. The number of benzene rings is 2. The number of methoxy groups -OCH3 is 1. The van der Waals surface area contributed by atoms with Crippen LogP contribution in [0, 0.1) is 0 Å². The van der Waals surface area contributed by atoms with Crippen molar-refractivity contribution < 1.29 is 14.3 Å². The lowest BCUT2D eigenvalue weighted by atomic mass is 9.77. The van der Waals surface area contributed by atoms with E-state index in [9.17, 15) is 9.59 Å². The van der Waals surface area contributed by atoms with Crippen molar-refractivity contribution in [3.05, 3.63) is 82.5 Å². The van der Waals surface area contributed by atoms with Crippen molar-refractivity contribution in [2.75, 3.05) is 20.3 Å². The first-order valence-electron chi connectivity index (χ1n) is 12.0. The quantitative estimate of drug-likeness (QED) is 0.547. The van der Waals surface area contributed by atoms with Crippen LogP contribution in [-0.4, -0.2) is 47.9 Å². The molecule has 0 radical (unpaired) electrons. The van der Waals surface area contributed by atoms with E-state index in [0.717, 1.165) is 30.5 Å². The molecule has 1 saturated heterocycles. The molecule has 0 saturated carbocycles. The second-order valence-corrected chi connectivity index (χ2v) is 10.7. The summed E-state index contributed by atoms with van der Waals surface area (Å²) in [4.78, 5) is 30.0. The number of nitrogens with zero attached hydrogens (tertiary/aromatic N) is 2. The van der Waals surface area contributed by atoms with Gasteiger partial charge in [0.05, 0.1) is 19.2 Å². The molecule has 0 unspecified atom stereocenters. The third-order valence-electron chi connectivity index (χ3n) is 7.22. The Kier molecular flexibility index (Phi) is 6.38. The van der Waals surface area contributed by atoms with Crippen LogP contribution in [0.2, 0.25) is 0 Å². The number of carbonyl (C=O) groups is 2. The second kappa shape index (κ2) is 9.47. The normalized spacial score (nSPS) is 22.6. The number of hydrogen-bond donors (Lipinski definition) is 1. The first-order valence-corrected chi connectivity index (χ1v) is 12.9.